The molecule has 0 aliphatic heterocycles. The molecule has 0 aliphatic carbocycles. The van der Waals surface area contributed by atoms with E-state index in [2.05, 4.69) is 21.0 Å². The van der Waals surface area contributed by atoms with Crippen LogP contribution in [0.2, 0.25) is 0 Å². The maximum atomic E-state index is 14.2. The molecule has 0 radical (unpaired) electrons. The van der Waals surface area contributed by atoms with E-state index >= 15 is 0 Å². The number of aromatic nitrogens is 2. The number of fused-ring (bicyclic) bond motifs is 1. The summed E-state index contributed by atoms with van der Waals surface area (Å²) in [6.07, 6.45) is -0.0586. The molecular formula is C20H18BrFN2O3. The average Bonchev–Trinajstić information content (AvgIpc) is 2.61. The van der Waals surface area contributed by atoms with Gasteiger partial charge in [-0.05, 0) is 31.5 Å². The topological polar surface area (TPSA) is 61.2 Å². The summed E-state index contributed by atoms with van der Waals surface area (Å²) in [4.78, 5) is 24.9. The van der Waals surface area contributed by atoms with Gasteiger partial charge in [0.05, 0.1) is 30.7 Å². The molecule has 0 aliphatic rings. The lowest BCUT2D eigenvalue weighted by Crippen LogP contribution is -2.27. The summed E-state index contributed by atoms with van der Waals surface area (Å²) in [5, 5.41) is 5.44. The number of carbonyl (C=O) groups excluding carboxylic acids is 1. The number of carbonyl (C=O) groups is 1. The zero-order chi connectivity index (χ0) is 19.6. The van der Waals surface area contributed by atoms with E-state index in [-0.39, 0.29) is 25.1 Å². The number of esters is 1. The summed E-state index contributed by atoms with van der Waals surface area (Å²) < 4.78 is 21.1. The van der Waals surface area contributed by atoms with Gasteiger partial charge in [-0.3, -0.25) is 9.59 Å². The summed E-state index contributed by atoms with van der Waals surface area (Å²) in [6, 6.07) is 10.0. The molecule has 1 heterocycles. The van der Waals surface area contributed by atoms with Crippen LogP contribution < -0.4 is 5.56 Å². The Hall–Kier alpha value is -2.54. The molecule has 0 bridgehead atoms. The maximum absolute atomic E-state index is 14.2. The van der Waals surface area contributed by atoms with Crippen molar-refractivity contribution in [2.45, 2.75) is 26.8 Å². The standard InChI is InChI=1S/C20H18BrFN2O3/c1-3-27-18(25)10-17-15-6-4-5-12(2)19(15)20(26)24(23-17)11-13-7-8-14(21)9-16(13)22/h4-9H,3,10-11H2,1-2H3. The van der Waals surface area contributed by atoms with E-state index in [1.54, 1.807) is 25.1 Å². The molecule has 1 aromatic heterocycles. The lowest BCUT2D eigenvalue weighted by Gasteiger charge is -2.13. The molecule has 0 amide bonds. The minimum absolute atomic E-state index is 0.0297. The minimum Gasteiger partial charge on any atom is -0.466 e. The van der Waals surface area contributed by atoms with E-state index in [1.807, 2.05) is 19.1 Å². The van der Waals surface area contributed by atoms with Crippen LogP contribution in [0.25, 0.3) is 10.8 Å². The molecule has 3 aromatic rings. The number of rotatable bonds is 5. The van der Waals surface area contributed by atoms with E-state index < -0.39 is 11.8 Å². The molecular weight excluding hydrogens is 415 g/mol. The van der Waals surface area contributed by atoms with Crippen LogP contribution in [0.4, 0.5) is 4.39 Å². The van der Waals surface area contributed by atoms with Gasteiger partial charge in [-0.2, -0.15) is 5.10 Å². The van der Waals surface area contributed by atoms with Gasteiger partial charge in [0.2, 0.25) is 0 Å². The Kier molecular flexibility index (Phi) is 5.70. The van der Waals surface area contributed by atoms with Gasteiger partial charge in [0.25, 0.3) is 5.56 Å². The third kappa shape index (κ3) is 4.08. The van der Waals surface area contributed by atoms with Crippen LogP contribution in [-0.2, 0) is 22.5 Å². The highest BCUT2D eigenvalue weighted by atomic mass is 79.9. The molecule has 27 heavy (non-hydrogen) atoms. The third-order valence-corrected chi connectivity index (χ3v) is 4.72. The van der Waals surface area contributed by atoms with Crippen molar-refractivity contribution < 1.29 is 13.9 Å². The smallest absolute Gasteiger partial charge is 0.311 e. The maximum Gasteiger partial charge on any atom is 0.311 e. The molecule has 0 fully saturated rings. The molecule has 0 N–H and O–H groups in total. The zero-order valence-corrected chi connectivity index (χ0v) is 16.5. The van der Waals surface area contributed by atoms with Crippen LogP contribution in [0.5, 0.6) is 0 Å². The predicted molar refractivity (Wildman–Crippen MR) is 104 cm³/mol. The Balaban J connectivity index is 2.14. The van der Waals surface area contributed by atoms with Crippen molar-refractivity contribution in [1.82, 2.24) is 9.78 Å². The molecule has 5 nitrogen and oxygen atoms in total. The Morgan fingerprint density at radius 3 is 2.78 bits per heavy atom. The molecule has 7 heteroatoms. The van der Waals surface area contributed by atoms with Crippen molar-refractivity contribution >= 4 is 32.7 Å². The highest BCUT2D eigenvalue weighted by Gasteiger charge is 2.16. The Labute approximate surface area is 163 Å². The lowest BCUT2D eigenvalue weighted by atomic mass is 10.0. The molecule has 3 rings (SSSR count). The van der Waals surface area contributed by atoms with Crippen LogP contribution in [0, 0.1) is 12.7 Å². The molecule has 0 atom stereocenters. The number of nitrogens with zero attached hydrogens (tertiary/aromatic N) is 2. The van der Waals surface area contributed by atoms with Gasteiger partial charge in [0, 0.05) is 15.4 Å². The number of hydrogen-bond donors (Lipinski definition) is 0. The first-order valence-corrected chi connectivity index (χ1v) is 9.29. The Morgan fingerprint density at radius 1 is 1.30 bits per heavy atom. The first kappa shape index (κ1) is 19.2. The van der Waals surface area contributed by atoms with E-state index in [4.69, 9.17) is 4.74 Å². The lowest BCUT2D eigenvalue weighted by molar-refractivity contribution is -0.142. The normalized spacial score (nSPS) is 11.0. The Morgan fingerprint density at radius 2 is 2.07 bits per heavy atom. The van der Waals surface area contributed by atoms with Crippen molar-refractivity contribution in [2.24, 2.45) is 0 Å². The van der Waals surface area contributed by atoms with Crippen molar-refractivity contribution in [3.05, 3.63) is 73.9 Å². The second kappa shape index (κ2) is 8.00. The van der Waals surface area contributed by atoms with E-state index in [0.29, 0.717) is 26.5 Å². The van der Waals surface area contributed by atoms with Gasteiger partial charge in [0.15, 0.2) is 0 Å². The highest BCUT2D eigenvalue weighted by molar-refractivity contribution is 9.10. The number of ether oxygens (including phenoxy) is 1. The number of halogens is 2. The van der Waals surface area contributed by atoms with Gasteiger partial charge >= 0.3 is 5.97 Å². The minimum atomic E-state index is -0.435. The van der Waals surface area contributed by atoms with Crippen molar-refractivity contribution in [2.75, 3.05) is 6.61 Å². The van der Waals surface area contributed by atoms with Gasteiger partial charge in [-0.25, -0.2) is 9.07 Å². The molecule has 2 aromatic carbocycles. The monoisotopic (exact) mass is 432 g/mol. The first-order valence-electron chi connectivity index (χ1n) is 8.49. The van der Waals surface area contributed by atoms with Gasteiger partial charge in [-0.15, -0.1) is 0 Å². The van der Waals surface area contributed by atoms with Crippen molar-refractivity contribution in [3.8, 4) is 0 Å². The zero-order valence-electron chi connectivity index (χ0n) is 15.0. The fraction of sp³-hybridized carbons (Fsp3) is 0.250. The quantitative estimate of drug-likeness (QED) is 0.575. The van der Waals surface area contributed by atoms with E-state index in [0.717, 1.165) is 5.56 Å². The predicted octanol–water partition coefficient (Wildman–Crippen LogP) is 3.76. The van der Waals surface area contributed by atoms with Gasteiger partial charge in [-0.1, -0.05) is 40.2 Å². The molecule has 0 saturated heterocycles. The van der Waals surface area contributed by atoms with Crippen LogP contribution in [-0.4, -0.2) is 22.4 Å². The summed E-state index contributed by atoms with van der Waals surface area (Å²) in [6.45, 7) is 3.78. The SMILES string of the molecule is CCOC(=O)Cc1nn(Cc2ccc(Br)cc2F)c(=O)c2c(C)cccc12. The van der Waals surface area contributed by atoms with Crippen molar-refractivity contribution in [1.29, 1.82) is 0 Å². The second-order valence-electron chi connectivity index (χ2n) is 6.12. The summed E-state index contributed by atoms with van der Waals surface area (Å²) >= 11 is 3.22. The number of hydrogen-bond acceptors (Lipinski definition) is 4. The largest absolute Gasteiger partial charge is 0.466 e. The van der Waals surface area contributed by atoms with Crippen LogP contribution in [0.1, 0.15) is 23.7 Å². The summed E-state index contributed by atoms with van der Waals surface area (Å²) in [5.74, 6) is -0.859. The molecule has 140 valence electrons. The Bertz CT molecular complexity index is 1080. The molecule has 0 unspecified atom stereocenters. The fourth-order valence-electron chi connectivity index (χ4n) is 2.96. The second-order valence-corrected chi connectivity index (χ2v) is 7.04. The third-order valence-electron chi connectivity index (χ3n) is 4.23. The highest BCUT2D eigenvalue weighted by Crippen LogP contribution is 2.20. The number of aryl methyl sites for hydroxylation is 1. The van der Waals surface area contributed by atoms with Crippen LogP contribution >= 0.6 is 15.9 Å². The number of benzene rings is 2. The average molecular weight is 433 g/mol. The fourth-order valence-corrected chi connectivity index (χ4v) is 3.30. The van der Waals surface area contributed by atoms with Gasteiger partial charge in [0.1, 0.15) is 5.82 Å². The molecule has 0 spiro atoms. The summed E-state index contributed by atoms with van der Waals surface area (Å²) in [5.41, 5.74) is 1.22. The summed E-state index contributed by atoms with van der Waals surface area (Å²) in [7, 11) is 0. The van der Waals surface area contributed by atoms with E-state index in [9.17, 15) is 14.0 Å². The van der Waals surface area contributed by atoms with Crippen molar-refractivity contribution in [3.63, 3.8) is 0 Å². The molecule has 0 saturated carbocycles. The first-order chi connectivity index (χ1) is 12.9. The van der Waals surface area contributed by atoms with Crippen LogP contribution in [0.15, 0.2) is 45.7 Å². The van der Waals surface area contributed by atoms with Crippen LogP contribution in [0.3, 0.4) is 0 Å². The van der Waals surface area contributed by atoms with Gasteiger partial charge < -0.3 is 4.74 Å². The van der Waals surface area contributed by atoms with E-state index in [1.165, 1.54) is 10.7 Å².